The summed E-state index contributed by atoms with van der Waals surface area (Å²) in [7, 11) is -2.43. The van der Waals surface area contributed by atoms with Crippen molar-refractivity contribution in [1.82, 2.24) is 14.2 Å². The van der Waals surface area contributed by atoms with E-state index in [1.165, 1.54) is 4.31 Å². The minimum absolute atomic E-state index is 0.00673. The average molecular weight is 571 g/mol. The van der Waals surface area contributed by atoms with Crippen molar-refractivity contribution in [3.8, 4) is 0 Å². The number of halogens is 1. The normalized spacial score (nSPS) is 23.8. The average Bonchev–Trinajstić information content (AvgIpc) is 2.94. The van der Waals surface area contributed by atoms with E-state index in [9.17, 15) is 13.2 Å². The number of methoxy groups -OCH3 is 1. The number of piperidine rings is 1. The summed E-state index contributed by atoms with van der Waals surface area (Å²) in [4.78, 5) is 21.9. The fourth-order valence-electron chi connectivity index (χ4n) is 6.07. The molecule has 3 aliphatic rings. The van der Waals surface area contributed by atoms with E-state index >= 15 is 0 Å². The highest BCUT2D eigenvalue weighted by Gasteiger charge is 2.56. The van der Waals surface area contributed by atoms with Crippen LogP contribution in [0.25, 0.3) is 10.8 Å². The van der Waals surface area contributed by atoms with E-state index < -0.39 is 15.7 Å². The van der Waals surface area contributed by atoms with Crippen LogP contribution in [-0.2, 0) is 24.3 Å². The zero-order valence-corrected chi connectivity index (χ0v) is 23.3. The summed E-state index contributed by atoms with van der Waals surface area (Å²) in [6.07, 6.45) is 5.32. The van der Waals surface area contributed by atoms with Crippen LogP contribution in [0.3, 0.4) is 0 Å². The molecule has 0 radical (unpaired) electrons. The number of ether oxygens (including phenoxy) is 2. The molecular formula is C28H31ClN4O5S. The number of pyridine rings is 1. The third-order valence-electron chi connectivity index (χ3n) is 8.30. The lowest BCUT2D eigenvalue weighted by Crippen LogP contribution is -2.73. The first-order chi connectivity index (χ1) is 18.7. The van der Waals surface area contributed by atoms with Crippen LogP contribution >= 0.6 is 11.6 Å². The molecule has 0 saturated carbocycles. The van der Waals surface area contributed by atoms with E-state index in [1.807, 2.05) is 12.1 Å². The monoisotopic (exact) mass is 570 g/mol. The topological polar surface area (TPSA) is 92.3 Å². The third kappa shape index (κ3) is 4.78. The SMILES string of the molecule is COCC12CN(S(=O)(=O)c3ccc4cc(Cl)ccc4c3)CC(=O)N1CC1(CCN(c3ccncc3)CC1)CO2. The number of carbonyl (C=O) groups is 1. The van der Waals surface area contributed by atoms with Crippen molar-refractivity contribution in [3.05, 3.63) is 65.9 Å². The maximum Gasteiger partial charge on any atom is 0.243 e. The van der Waals surface area contributed by atoms with E-state index in [-0.39, 0.29) is 35.9 Å². The predicted octanol–water partition coefficient (Wildman–Crippen LogP) is 3.38. The number of benzene rings is 2. The zero-order valence-electron chi connectivity index (χ0n) is 21.8. The summed E-state index contributed by atoms with van der Waals surface area (Å²) in [5.74, 6) is -0.273. The van der Waals surface area contributed by atoms with Gasteiger partial charge >= 0.3 is 0 Å². The van der Waals surface area contributed by atoms with Crippen LogP contribution in [0.4, 0.5) is 5.69 Å². The molecule has 3 fully saturated rings. The molecule has 2 aromatic carbocycles. The number of fused-ring (bicyclic) bond motifs is 2. The van der Waals surface area contributed by atoms with E-state index in [0.717, 1.165) is 42.4 Å². The molecule has 0 bridgehead atoms. The van der Waals surface area contributed by atoms with Crippen LogP contribution in [0.15, 0.2) is 65.8 Å². The number of amides is 1. The van der Waals surface area contributed by atoms with Gasteiger partial charge in [0.2, 0.25) is 15.9 Å². The highest BCUT2D eigenvalue weighted by atomic mass is 35.5. The first-order valence-electron chi connectivity index (χ1n) is 13.0. The molecule has 1 unspecified atom stereocenters. The number of sulfonamides is 1. The van der Waals surface area contributed by atoms with Gasteiger partial charge < -0.3 is 19.3 Å². The van der Waals surface area contributed by atoms with E-state index in [2.05, 4.69) is 9.88 Å². The summed E-state index contributed by atoms with van der Waals surface area (Å²) >= 11 is 6.09. The first-order valence-corrected chi connectivity index (χ1v) is 14.8. The van der Waals surface area contributed by atoms with Gasteiger partial charge in [0.25, 0.3) is 0 Å². The molecule has 39 heavy (non-hydrogen) atoms. The summed E-state index contributed by atoms with van der Waals surface area (Å²) in [5, 5.41) is 2.18. The number of aromatic nitrogens is 1. The van der Waals surface area contributed by atoms with Crippen molar-refractivity contribution in [1.29, 1.82) is 0 Å². The van der Waals surface area contributed by atoms with Crippen LogP contribution in [-0.4, -0.2) is 87.3 Å². The van der Waals surface area contributed by atoms with Gasteiger partial charge in [-0.3, -0.25) is 9.78 Å². The maximum atomic E-state index is 13.8. The van der Waals surface area contributed by atoms with Gasteiger partial charge in [0.1, 0.15) is 0 Å². The van der Waals surface area contributed by atoms with Crippen molar-refractivity contribution < 1.29 is 22.7 Å². The Labute approximate surface area is 233 Å². The zero-order chi connectivity index (χ0) is 27.3. The fourth-order valence-corrected chi connectivity index (χ4v) is 7.71. The Morgan fingerprint density at radius 3 is 2.49 bits per heavy atom. The molecule has 3 saturated heterocycles. The maximum absolute atomic E-state index is 13.8. The quantitative estimate of drug-likeness (QED) is 0.464. The van der Waals surface area contributed by atoms with E-state index in [4.69, 9.17) is 21.1 Å². The Kier molecular flexibility index (Phi) is 6.79. The summed E-state index contributed by atoms with van der Waals surface area (Å²) in [6.45, 7) is 2.50. The Bertz CT molecular complexity index is 1500. The molecule has 206 valence electrons. The van der Waals surface area contributed by atoms with E-state index in [1.54, 1.807) is 60.8 Å². The van der Waals surface area contributed by atoms with Gasteiger partial charge in [-0.05, 0) is 60.0 Å². The number of carbonyl (C=O) groups excluding carboxylic acids is 1. The Balaban J connectivity index is 1.23. The standard InChI is InChI=1S/C28H31ClN4O5S/c1-37-20-28-18-32(39(35,36)25-5-3-21-14-23(29)4-2-22(21)15-25)16-26(34)33(28)17-27(19-38-28)8-12-31(13-9-27)24-6-10-30-11-7-24/h2-7,10-11,14-15H,8-9,12-13,16-20H2,1H3. The van der Waals surface area contributed by atoms with Crippen molar-refractivity contribution >= 4 is 44.0 Å². The third-order valence-corrected chi connectivity index (χ3v) is 10.3. The molecular weight excluding hydrogens is 540 g/mol. The van der Waals surface area contributed by atoms with Crippen LogP contribution < -0.4 is 4.90 Å². The molecule has 1 spiro atoms. The van der Waals surface area contributed by atoms with Crippen LogP contribution in [0, 0.1) is 5.41 Å². The molecule has 6 rings (SSSR count). The smallest absolute Gasteiger partial charge is 0.243 e. The van der Waals surface area contributed by atoms with Crippen LogP contribution in [0.2, 0.25) is 5.02 Å². The van der Waals surface area contributed by atoms with Crippen molar-refractivity contribution in [3.63, 3.8) is 0 Å². The van der Waals surface area contributed by atoms with Crippen molar-refractivity contribution in [2.24, 2.45) is 5.41 Å². The molecule has 1 aromatic heterocycles. The molecule has 1 amide bonds. The number of anilines is 1. The molecule has 0 aliphatic carbocycles. The molecule has 3 aromatic rings. The first kappa shape index (κ1) is 26.5. The molecule has 11 heteroatoms. The lowest BCUT2D eigenvalue weighted by atomic mass is 9.76. The van der Waals surface area contributed by atoms with Crippen molar-refractivity contribution in [2.75, 3.05) is 57.9 Å². The van der Waals surface area contributed by atoms with Gasteiger partial charge in [-0.1, -0.05) is 23.7 Å². The number of nitrogens with zero attached hydrogens (tertiary/aromatic N) is 4. The largest absolute Gasteiger partial charge is 0.380 e. The minimum Gasteiger partial charge on any atom is -0.380 e. The second kappa shape index (κ2) is 10.0. The van der Waals surface area contributed by atoms with Gasteiger partial charge in [-0.2, -0.15) is 4.31 Å². The van der Waals surface area contributed by atoms with Gasteiger partial charge in [0, 0.05) is 55.3 Å². The number of hydrogen-bond donors (Lipinski definition) is 0. The predicted molar refractivity (Wildman–Crippen MR) is 148 cm³/mol. The Hall–Kier alpha value is -2.76. The molecule has 3 aliphatic heterocycles. The van der Waals surface area contributed by atoms with Gasteiger partial charge in [0.15, 0.2) is 5.72 Å². The Morgan fingerprint density at radius 1 is 1.03 bits per heavy atom. The van der Waals surface area contributed by atoms with E-state index in [0.29, 0.717) is 18.2 Å². The Morgan fingerprint density at radius 2 is 1.74 bits per heavy atom. The minimum atomic E-state index is -3.97. The molecule has 9 nitrogen and oxygen atoms in total. The summed E-state index contributed by atoms with van der Waals surface area (Å²) < 4.78 is 40.7. The molecule has 0 N–H and O–H groups in total. The van der Waals surface area contributed by atoms with Gasteiger partial charge in [-0.25, -0.2) is 8.42 Å². The number of rotatable bonds is 5. The van der Waals surface area contributed by atoms with Crippen LogP contribution in [0.5, 0.6) is 0 Å². The highest BCUT2D eigenvalue weighted by molar-refractivity contribution is 7.89. The van der Waals surface area contributed by atoms with Crippen molar-refractivity contribution in [2.45, 2.75) is 23.5 Å². The number of piperazine rings is 1. The highest BCUT2D eigenvalue weighted by Crippen LogP contribution is 2.43. The van der Waals surface area contributed by atoms with Gasteiger partial charge in [0.05, 0.1) is 31.2 Å². The second-order valence-corrected chi connectivity index (χ2v) is 13.1. The number of hydrogen-bond acceptors (Lipinski definition) is 7. The lowest BCUT2D eigenvalue weighted by molar-refractivity contribution is -0.255. The second-order valence-electron chi connectivity index (χ2n) is 10.8. The fraction of sp³-hybridized carbons (Fsp3) is 0.429. The lowest BCUT2D eigenvalue weighted by Gasteiger charge is -2.58. The summed E-state index contributed by atoms with van der Waals surface area (Å²) in [5.41, 5.74) is -0.219. The van der Waals surface area contributed by atoms with Gasteiger partial charge in [-0.15, -0.1) is 0 Å². The molecule has 4 heterocycles. The summed E-state index contributed by atoms with van der Waals surface area (Å²) in [6, 6.07) is 14.2. The molecule has 1 atom stereocenters. The van der Waals surface area contributed by atoms with Crippen LogP contribution in [0.1, 0.15) is 12.8 Å².